The molecule has 12 aromatic carbocycles. The Labute approximate surface area is 725 Å². The molecule has 0 spiro atoms. The molecule has 18 aromatic rings. The molecular weight excluding hydrogens is 1560 g/mol. The molecule has 0 unspecified atom stereocenters. The van der Waals surface area contributed by atoms with E-state index in [-0.39, 0.29) is 79.8 Å². The highest BCUT2D eigenvalue weighted by atomic mass is 16.3. The van der Waals surface area contributed by atoms with Crippen LogP contribution in [0, 0.1) is 24.7 Å². The minimum Gasteiger partial charge on any atom is -0.505 e. The van der Waals surface area contributed by atoms with Crippen molar-refractivity contribution in [2.45, 2.75) is 178 Å². The molecule has 18 rings (SSSR count). The summed E-state index contributed by atoms with van der Waals surface area (Å²) in [4.78, 5) is 8.97. The predicted molar refractivity (Wildman–Crippen MR) is 493 cm³/mol. The van der Waals surface area contributed by atoms with E-state index in [0.717, 1.165) is 112 Å². The van der Waals surface area contributed by atoms with Gasteiger partial charge in [-0.25, -0.2) is 0 Å². The first-order chi connectivity index (χ1) is 59.1. The van der Waals surface area contributed by atoms with Crippen molar-refractivity contribution in [3.8, 4) is 68.6 Å². The maximum atomic E-state index is 12.0. The smallest absolute Gasteiger partial charge is 0.146 e. The van der Waals surface area contributed by atoms with Crippen LogP contribution in [-0.2, 0) is 40.9 Å². The number of phenolic OH excluding ortho intramolecular Hbond substituents is 6. The summed E-state index contributed by atoms with van der Waals surface area (Å²) in [5.41, 5.74) is 21.3. The lowest BCUT2D eigenvalue weighted by molar-refractivity contribution is 0.283. The van der Waals surface area contributed by atoms with E-state index in [1.165, 1.54) is 28.8 Å². The Kier molecular flexibility index (Phi) is 21.8. The first-order valence-electron chi connectivity index (χ1n) is 42.2. The fourth-order valence-corrected chi connectivity index (χ4v) is 17.0. The van der Waals surface area contributed by atoms with E-state index < -0.39 is 0 Å². The van der Waals surface area contributed by atoms with Gasteiger partial charge in [-0.15, -0.1) is 90.0 Å². The maximum absolute atomic E-state index is 12.0. The van der Waals surface area contributed by atoms with E-state index in [1.807, 2.05) is 220 Å². The van der Waals surface area contributed by atoms with E-state index >= 15 is 0 Å². The molecule has 0 saturated heterocycles. The molecule has 0 radical (unpaired) electrons. The van der Waals surface area contributed by atoms with Crippen LogP contribution < -0.4 is 0 Å². The molecule has 0 aliphatic carbocycles. The van der Waals surface area contributed by atoms with Gasteiger partial charge in [0.2, 0.25) is 0 Å². The highest BCUT2D eigenvalue weighted by molar-refractivity contribution is 5.79. The molecular formula is C101H106N18O6. The first-order valence-corrected chi connectivity index (χ1v) is 42.2. The van der Waals surface area contributed by atoms with Crippen molar-refractivity contribution in [2.24, 2.45) is 10.8 Å². The minimum atomic E-state index is -0.231. The van der Waals surface area contributed by atoms with Crippen molar-refractivity contribution < 1.29 is 30.6 Å². The van der Waals surface area contributed by atoms with Gasteiger partial charge in [0.15, 0.2) is 0 Å². The summed E-state index contributed by atoms with van der Waals surface area (Å²) < 4.78 is 0. The van der Waals surface area contributed by atoms with Crippen LogP contribution in [0.15, 0.2) is 218 Å². The van der Waals surface area contributed by atoms with Crippen molar-refractivity contribution in [1.29, 1.82) is 0 Å². The number of fused-ring (bicyclic) bond motifs is 6. The topological polar surface area (TPSA) is 306 Å². The highest BCUT2D eigenvalue weighted by Crippen LogP contribution is 2.46. The average molecular weight is 1670 g/mol. The number of benzene rings is 12. The van der Waals surface area contributed by atoms with Gasteiger partial charge in [-0.1, -0.05) is 220 Å². The second-order valence-electron chi connectivity index (χ2n) is 38.7. The van der Waals surface area contributed by atoms with E-state index in [4.69, 9.17) is 20.4 Å². The average Bonchev–Trinajstić information content (AvgIpc) is 1.62. The van der Waals surface area contributed by atoms with Crippen LogP contribution in [-0.4, -0.2) is 121 Å². The molecule has 125 heavy (non-hydrogen) atoms. The summed E-state index contributed by atoms with van der Waals surface area (Å²) in [6, 6.07) is 69.4. The third-order valence-corrected chi connectivity index (χ3v) is 22.7. The Bertz CT molecular complexity index is 6530. The Balaban J connectivity index is 0.000000140. The zero-order valence-electron chi connectivity index (χ0n) is 74.1. The zero-order chi connectivity index (χ0) is 88.7. The Morgan fingerprint density at radius 1 is 0.216 bits per heavy atom. The quantitative estimate of drug-likeness (QED) is 0.0524. The number of aromatic nitrogens is 18. The second kappa shape index (κ2) is 32.3. The first kappa shape index (κ1) is 84.4. The second-order valence-corrected chi connectivity index (χ2v) is 38.7. The van der Waals surface area contributed by atoms with Gasteiger partial charge in [-0.05, 0) is 202 Å². The minimum absolute atomic E-state index is 0.0702. The van der Waals surface area contributed by atoms with E-state index in [1.54, 1.807) is 0 Å². The molecule has 636 valence electrons. The normalized spacial score (nSPS) is 12.4. The molecule has 6 aromatic heterocycles. The third kappa shape index (κ3) is 17.8. The van der Waals surface area contributed by atoms with Gasteiger partial charge in [-0.3, -0.25) is 0 Å². The van der Waals surface area contributed by atoms with E-state index in [0.29, 0.717) is 73.9 Å². The zero-order valence-corrected chi connectivity index (χ0v) is 74.1. The largest absolute Gasteiger partial charge is 0.505 e. The molecule has 0 aliphatic rings. The number of nitrogens with zero attached hydrogens (tertiary/aromatic N) is 18. The van der Waals surface area contributed by atoms with Crippen LogP contribution in [0.25, 0.3) is 100 Å². The molecule has 0 atom stereocenters. The number of hydrogen-bond donors (Lipinski definition) is 6. The standard InChI is InChI=1S/C41H50N6O2.C33H34N6O2.C27H22N6O2/c1-38(2,3)24-40(7,8)28-20-26(36(48)34(22-28)46-42-30-15-11-12-16-31(30)43-46)19-27-21-29(41(9,10)25-39(4,5)6)23-35(37(27)49)47-44-32-17-13-14-18-33(32)45-47;1-32(2,3)22-16-20(30(40)28(18-22)38-34-24-11-7-8-12-25(24)35-38)15-21-17-23(33(4,5)6)19-29(31(21)41)39-36-26-13-9-10-14-27(26)37-39;1-16-11-18(26(34)24(13-16)32-28-20-7-3-4-8-21(20)29-32)15-19-12-17(2)14-25(27(19)35)33-30-22-9-5-6-10-23(22)31-33/h11-18,20-23,48-49H,19,24-25H2,1-10H3;7-14,16-19,40-41H,15H2,1-6H3;3-14,34-35H,15H2,1-2H3. The van der Waals surface area contributed by atoms with Crippen molar-refractivity contribution in [3.63, 3.8) is 0 Å². The summed E-state index contributed by atoms with van der Waals surface area (Å²) in [5.74, 6) is 0.451. The highest BCUT2D eigenvalue weighted by Gasteiger charge is 2.34. The maximum Gasteiger partial charge on any atom is 0.146 e. The number of phenols is 6. The summed E-state index contributed by atoms with van der Waals surface area (Å²) >= 11 is 0. The Hall–Kier alpha value is -14.2. The molecule has 0 bridgehead atoms. The molecule has 0 aliphatic heterocycles. The van der Waals surface area contributed by atoms with E-state index in [9.17, 15) is 30.6 Å². The number of aryl methyl sites for hydroxylation is 2. The summed E-state index contributed by atoms with van der Waals surface area (Å²) in [6.07, 6.45) is 2.71. The lowest BCUT2D eigenvalue weighted by Crippen LogP contribution is -2.25. The molecule has 24 nitrogen and oxygen atoms in total. The van der Waals surface area contributed by atoms with Gasteiger partial charge in [0.25, 0.3) is 0 Å². The van der Waals surface area contributed by atoms with Crippen LogP contribution in [0.5, 0.6) is 34.5 Å². The van der Waals surface area contributed by atoms with Crippen LogP contribution in [0.4, 0.5) is 0 Å². The molecule has 24 heteroatoms. The molecule has 0 amide bonds. The Morgan fingerprint density at radius 2 is 0.376 bits per heavy atom. The van der Waals surface area contributed by atoms with Crippen LogP contribution >= 0.6 is 0 Å². The van der Waals surface area contributed by atoms with E-state index in [2.05, 4.69) is 164 Å². The lowest BCUT2D eigenvalue weighted by Gasteiger charge is -2.34. The van der Waals surface area contributed by atoms with Gasteiger partial charge >= 0.3 is 0 Å². The number of hydrogen-bond acceptors (Lipinski definition) is 18. The van der Waals surface area contributed by atoms with Crippen LogP contribution in [0.3, 0.4) is 0 Å². The monoisotopic (exact) mass is 1670 g/mol. The summed E-state index contributed by atoms with van der Waals surface area (Å²) in [5, 5.41) is 125. The van der Waals surface area contributed by atoms with Gasteiger partial charge in [0.1, 0.15) is 135 Å². The SMILES string of the molecule is CC(C)(C)CC(C)(C)c1cc(Cc2cc(C(C)(C)CC(C)(C)C)cc(-n3nc4ccccc4n3)c2O)c(O)c(-n2nc3ccccc3n2)c1.CC(C)(C)c1cc(Cc2cc(C(C)(C)C)cc(-n3nc4ccccc4n3)c2O)c(O)c(-n2nc3ccccc3n2)c1.Cc1cc(Cc2cc(C)cc(-n3nc4ccccc4n3)c2O)c(O)c(-n2nc3ccccc3n2)c1. The van der Waals surface area contributed by atoms with Crippen LogP contribution in [0.1, 0.15) is 190 Å². The van der Waals surface area contributed by atoms with Gasteiger partial charge < -0.3 is 30.6 Å². The van der Waals surface area contributed by atoms with Crippen molar-refractivity contribution in [2.75, 3.05) is 0 Å². The third-order valence-electron chi connectivity index (χ3n) is 22.7. The van der Waals surface area contributed by atoms with Crippen molar-refractivity contribution in [1.82, 2.24) is 90.0 Å². The number of rotatable bonds is 16. The fraction of sp³-hybridized carbons (Fsp3) is 0.287. The van der Waals surface area contributed by atoms with Gasteiger partial charge in [-0.2, -0.15) is 0 Å². The summed E-state index contributed by atoms with van der Waals surface area (Å²) in [7, 11) is 0. The van der Waals surface area contributed by atoms with Crippen LogP contribution in [0.2, 0.25) is 0 Å². The van der Waals surface area contributed by atoms with Gasteiger partial charge in [0, 0.05) is 52.6 Å². The number of aromatic hydroxyl groups is 6. The molecule has 6 heterocycles. The lowest BCUT2D eigenvalue weighted by atomic mass is 9.71. The molecule has 6 N–H and O–H groups in total. The predicted octanol–water partition coefficient (Wildman–Crippen LogP) is 21.1. The van der Waals surface area contributed by atoms with Crippen molar-refractivity contribution in [3.05, 3.63) is 285 Å². The Morgan fingerprint density at radius 3 is 0.552 bits per heavy atom. The fourth-order valence-electron chi connectivity index (χ4n) is 17.0. The summed E-state index contributed by atoms with van der Waals surface area (Å²) in [6.45, 7) is 39.1. The molecule has 0 saturated carbocycles. The van der Waals surface area contributed by atoms with Crippen molar-refractivity contribution >= 4 is 66.2 Å². The van der Waals surface area contributed by atoms with Gasteiger partial charge in [0.05, 0.1) is 0 Å². The molecule has 0 fully saturated rings.